The van der Waals surface area contributed by atoms with Gasteiger partial charge in [-0.05, 0) is 43.5 Å². The van der Waals surface area contributed by atoms with E-state index in [4.69, 9.17) is 5.73 Å². The predicted octanol–water partition coefficient (Wildman–Crippen LogP) is 3.55. The Balaban J connectivity index is 3.34. The van der Waals surface area contributed by atoms with Crippen LogP contribution in [0.15, 0.2) is 35.4 Å². The van der Waals surface area contributed by atoms with Crippen LogP contribution in [0, 0.1) is 13.8 Å². The molecule has 90 valence electrons. The third-order valence-corrected chi connectivity index (χ3v) is 2.85. The molecule has 1 aromatic rings. The number of benzene rings is 1. The molecule has 0 bridgehead atoms. The molecule has 2 nitrogen and oxygen atoms in total. The highest BCUT2D eigenvalue weighted by Crippen LogP contribution is 2.27. The van der Waals surface area contributed by atoms with Crippen LogP contribution in [0.4, 0.5) is 5.69 Å². The number of anilines is 1. The van der Waals surface area contributed by atoms with Gasteiger partial charge in [0.15, 0.2) is 0 Å². The lowest BCUT2D eigenvalue weighted by Crippen LogP contribution is -1.98. The van der Waals surface area contributed by atoms with Crippen LogP contribution in [0.1, 0.15) is 23.6 Å². The predicted molar refractivity (Wildman–Crippen MR) is 77.5 cm³/mol. The molecule has 1 rings (SSSR count). The van der Waals surface area contributed by atoms with Crippen molar-refractivity contribution in [2.45, 2.75) is 20.8 Å². The topological polar surface area (TPSA) is 38.4 Å². The highest BCUT2D eigenvalue weighted by Gasteiger charge is 2.06. The Kier molecular flexibility index (Phi) is 4.70. The molecule has 0 unspecified atom stereocenters. The van der Waals surface area contributed by atoms with E-state index in [0.717, 1.165) is 22.4 Å². The summed E-state index contributed by atoms with van der Waals surface area (Å²) in [4.78, 5) is 3.98. The monoisotopic (exact) mass is 228 g/mol. The van der Waals surface area contributed by atoms with Crippen molar-refractivity contribution in [3.8, 4) is 0 Å². The van der Waals surface area contributed by atoms with Crippen molar-refractivity contribution in [1.82, 2.24) is 0 Å². The molecule has 0 saturated carbocycles. The summed E-state index contributed by atoms with van der Waals surface area (Å²) in [6.45, 7) is 6.12. The molecule has 0 aliphatic heterocycles. The molecule has 0 radical (unpaired) electrons. The van der Waals surface area contributed by atoms with Crippen LogP contribution in [-0.2, 0) is 0 Å². The summed E-state index contributed by atoms with van der Waals surface area (Å²) in [5, 5.41) is 0. The minimum Gasteiger partial charge on any atom is -0.398 e. The molecule has 0 atom stereocenters. The quantitative estimate of drug-likeness (QED) is 0.479. The van der Waals surface area contributed by atoms with Gasteiger partial charge in [-0.1, -0.05) is 24.3 Å². The van der Waals surface area contributed by atoms with Gasteiger partial charge in [-0.2, -0.15) is 0 Å². The first-order valence-corrected chi connectivity index (χ1v) is 5.73. The highest BCUT2D eigenvalue weighted by atomic mass is 14.6. The summed E-state index contributed by atoms with van der Waals surface area (Å²) in [6, 6.07) is 4.16. The molecule has 0 aliphatic carbocycles. The summed E-state index contributed by atoms with van der Waals surface area (Å²) in [6.07, 6.45) is 7.80. The minimum absolute atomic E-state index is 0.846. The van der Waals surface area contributed by atoms with E-state index in [2.05, 4.69) is 31.0 Å². The van der Waals surface area contributed by atoms with Gasteiger partial charge in [0.05, 0.1) is 0 Å². The Labute approximate surface area is 104 Å². The zero-order valence-corrected chi connectivity index (χ0v) is 11.0. The number of aryl methyl sites for hydroxylation is 1. The molecule has 0 amide bonds. The van der Waals surface area contributed by atoms with Crippen LogP contribution in [0.25, 0.3) is 5.57 Å². The van der Waals surface area contributed by atoms with Crippen molar-refractivity contribution < 1.29 is 0 Å². The minimum atomic E-state index is 0.846. The fourth-order valence-electron chi connectivity index (χ4n) is 1.66. The van der Waals surface area contributed by atoms with Crippen molar-refractivity contribution in [3.05, 3.63) is 47.1 Å². The van der Waals surface area contributed by atoms with Gasteiger partial charge in [-0.3, -0.25) is 4.99 Å². The number of rotatable bonds is 3. The van der Waals surface area contributed by atoms with Crippen LogP contribution in [-0.4, -0.2) is 13.3 Å². The van der Waals surface area contributed by atoms with Crippen molar-refractivity contribution in [2.24, 2.45) is 4.99 Å². The lowest BCUT2D eigenvalue weighted by Gasteiger charge is -2.11. The number of nitrogens with two attached hydrogens (primary N) is 1. The fraction of sp³-hybridized carbons (Fsp3) is 0.267. The molecule has 1 aromatic carbocycles. The van der Waals surface area contributed by atoms with E-state index < -0.39 is 0 Å². The van der Waals surface area contributed by atoms with Crippen LogP contribution >= 0.6 is 0 Å². The molecule has 0 saturated heterocycles. The highest BCUT2D eigenvalue weighted by molar-refractivity contribution is 5.92. The smallest absolute Gasteiger partial charge is 0.0426 e. The maximum absolute atomic E-state index is 6.17. The lowest BCUT2D eigenvalue weighted by atomic mass is 9.97. The molecule has 2 heteroatoms. The van der Waals surface area contributed by atoms with Crippen LogP contribution in [0.3, 0.4) is 0 Å². The number of nitrogens with zero attached hydrogens (tertiary/aromatic N) is 1. The third-order valence-electron chi connectivity index (χ3n) is 2.85. The van der Waals surface area contributed by atoms with E-state index in [1.54, 1.807) is 13.3 Å². The molecular formula is C15H20N2. The molecule has 0 heterocycles. The van der Waals surface area contributed by atoms with Crippen molar-refractivity contribution in [2.75, 3.05) is 12.8 Å². The molecule has 2 N–H and O–H groups in total. The zero-order chi connectivity index (χ0) is 12.8. The molecule has 0 aromatic heterocycles. The summed E-state index contributed by atoms with van der Waals surface area (Å²) in [7, 11) is 1.76. The standard InChI is InChI=1S/C15H20N2/c1-5-6-13(9-10-17-4)14-8-7-11(2)12(3)15(14)16/h5-10H,16H2,1-4H3/b6-5+,13-9+,17-10-. The Bertz CT molecular complexity index is 480. The molecule has 0 fully saturated rings. The maximum Gasteiger partial charge on any atom is 0.0426 e. The van der Waals surface area contributed by atoms with Crippen molar-refractivity contribution >= 4 is 17.5 Å². The average Bonchev–Trinajstić information content (AvgIpc) is 2.32. The normalized spacial score (nSPS) is 12.8. The van der Waals surface area contributed by atoms with Crippen LogP contribution in [0.5, 0.6) is 0 Å². The summed E-state index contributed by atoms with van der Waals surface area (Å²) < 4.78 is 0. The van der Waals surface area contributed by atoms with Gasteiger partial charge >= 0.3 is 0 Å². The first kappa shape index (κ1) is 13.2. The number of hydrogen-bond donors (Lipinski definition) is 1. The van der Waals surface area contributed by atoms with E-state index >= 15 is 0 Å². The van der Waals surface area contributed by atoms with E-state index in [0.29, 0.717) is 0 Å². The fourth-order valence-corrected chi connectivity index (χ4v) is 1.66. The summed E-state index contributed by atoms with van der Waals surface area (Å²) >= 11 is 0. The first-order valence-electron chi connectivity index (χ1n) is 5.73. The van der Waals surface area contributed by atoms with Gasteiger partial charge in [0, 0.05) is 24.5 Å². The summed E-state index contributed by atoms with van der Waals surface area (Å²) in [5.74, 6) is 0. The molecule has 0 aliphatic rings. The SMILES string of the molecule is C/C=C/C(=C\C=N/C)c1ccc(C)c(C)c1N. The van der Waals surface area contributed by atoms with E-state index in [1.807, 2.05) is 25.2 Å². The Morgan fingerprint density at radius 3 is 2.59 bits per heavy atom. The number of allylic oxidation sites excluding steroid dienone is 4. The van der Waals surface area contributed by atoms with E-state index in [-0.39, 0.29) is 0 Å². The maximum atomic E-state index is 6.17. The lowest BCUT2D eigenvalue weighted by molar-refractivity contribution is 1.33. The van der Waals surface area contributed by atoms with Gasteiger partial charge in [-0.15, -0.1) is 0 Å². The van der Waals surface area contributed by atoms with Crippen LogP contribution in [0.2, 0.25) is 0 Å². The Hall–Kier alpha value is -1.83. The van der Waals surface area contributed by atoms with Gasteiger partial charge in [0.1, 0.15) is 0 Å². The average molecular weight is 228 g/mol. The largest absolute Gasteiger partial charge is 0.398 e. The van der Waals surface area contributed by atoms with Crippen molar-refractivity contribution in [3.63, 3.8) is 0 Å². The second-order valence-corrected chi connectivity index (χ2v) is 4.00. The number of nitrogen functional groups attached to an aromatic ring is 1. The van der Waals surface area contributed by atoms with Crippen LogP contribution < -0.4 is 5.73 Å². The molecular weight excluding hydrogens is 208 g/mol. The van der Waals surface area contributed by atoms with Gasteiger partial charge in [-0.25, -0.2) is 0 Å². The van der Waals surface area contributed by atoms with E-state index in [9.17, 15) is 0 Å². The molecule has 0 spiro atoms. The number of aliphatic imine (C=N–C) groups is 1. The number of hydrogen-bond acceptors (Lipinski definition) is 2. The zero-order valence-electron chi connectivity index (χ0n) is 11.0. The van der Waals surface area contributed by atoms with Gasteiger partial charge < -0.3 is 5.73 Å². The third kappa shape index (κ3) is 3.06. The Morgan fingerprint density at radius 2 is 2.00 bits per heavy atom. The van der Waals surface area contributed by atoms with Crippen molar-refractivity contribution in [1.29, 1.82) is 0 Å². The second kappa shape index (κ2) is 6.04. The van der Waals surface area contributed by atoms with Gasteiger partial charge in [0.2, 0.25) is 0 Å². The van der Waals surface area contributed by atoms with Gasteiger partial charge in [0.25, 0.3) is 0 Å². The summed E-state index contributed by atoms with van der Waals surface area (Å²) in [5.41, 5.74) is 11.5. The Morgan fingerprint density at radius 1 is 1.29 bits per heavy atom. The molecule has 17 heavy (non-hydrogen) atoms. The van der Waals surface area contributed by atoms with E-state index in [1.165, 1.54) is 5.56 Å². The first-order chi connectivity index (χ1) is 8.11. The second-order valence-electron chi connectivity index (χ2n) is 4.00.